The van der Waals surface area contributed by atoms with Crippen molar-refractivity contribution < 1.29 is 41.0 Å². The molecule has 13 heteroatoms. The Balaban J connectivity index is 0.000000298. The Morgan fingerprint density at radius 3 is 2.22 bits per heavy atom. The van der Waals surface area contributed by atoms with E-state index in [2.05, 4.69) is 10.6 Å². The van der Waals surface area contributed by atoms with Crippen LogP contribution >= 0.6 is 0 Å². The molecule has 0 aliphatic heterocycles. The van der Waals surface area contributed by atoms with Crippen LogP contribution in [0.15, 0.2) is 83.9 Å². The van der Waals surface area contributed by atoms with Gasteiger partial charge in [-0.1, -0.05) is 24.3 Å². The van der Waals surface area contributed by atoms with Gasteiger partial charge in [-0.05, 0) is 49.5 Å². The van der Waals surface area contributed by atoms with Crippen molar-refractivity contribution >= 4 is 21.9 Å². The van der Waals surface area contributed by atoms with Crippen LogP contribution in [0.25, 0.3) is 11.3 Å². The lowest BCUT2D eigenvalue weighted by molar-refractivity contribution is -0.135. The van der Waals surface area contributed by atoms with Gasteiger partial charge >= 0.3 is 5.97 Å². The predicted molar refractivity (Wildman–Crippen MR) is 144 cm³/mol. The highest BCUT2D eigenvalue weighted by molar-refractivity contribution is 7.90. The summed E-state index contributed by atoms with van der Waals surface area (Å²) < 4.78 is 74.0. The smallest absolute Gasteiger partial charge is 0.322 e. The molecule has 0 saturated carbocycles. The van der Waals surface area contributed by atoms with Crippen LogP contribution in [0.1, 0.15) is 15.9 Å². The van der Waals surface area contributed by atoms with E-state index in [1.54, 1.807) is 37.4 Å². The number of hydrogen-bond donors (Lipinski definition) is 3. The minimum Gasteiger partial charge on any atom is -0.494 e. The average Bonchev–Trinajstić information content (AvgIpc) is 3.31. The number of benzene rings is 3. The molecule has 4 rings (SSSR count). The number of amides is 1. The SMILES string of the molecule is CNCc1cn(S(=O)(=O)c2cccc(F)c2)c(-c2ccc(F)cc2F)c1OC.O=C(O)CNC(=O)c1ccccc1. The monoisotopic (exact) mass is 589 g/mol. The van der Waals surface area contributed by atoms with Gasteiger partial charge in [0.05, 0.1) is 12.0 Å². The van der Waals surface area contributed by atoms with Crippen LogP contribution in [0.2, 0.25) is 0 Å². The second kappa shape index (κ2) is 13.6. The summed E-state index contributed by atoms with van der Waals surface area (Å²) in [6.07, 6.45) is 1.27. The standard InChI is InChI=1S/C19H17F3N2O3S.C9H9NO3/c1-23-10-12-11-24(28(25,26)15-5-3-4-13(20)8-15)18(19(12)27-2)16-7-6-14(21)9-17(16)22;11-8(12)6-10-9(13)7-4-2-1-3-5-7/h3-9,11,23H,10H2,1-2H3;1-5H,6H2,(H,10,13)(H,11,12). The van der Waals surface area contributed by atoms with Gasteiger partial charge in [-0.15, -0.1) is 0 Å². The first-order valence-corrected chi connectivity index (χ1v) is 13.4. The molecule has 41 heavy (non-hydrogen) atoms. The van der Waals surface area contributed by atoms with Gasteiger partial charge in [-0.2, -0.15) is 0 Å². The zero-order valence-electron chi connectivity index (χ0n) is 21.9. The molecule has 0 aliphatic rings. The zero-order valence-corrected chi connectivity index (χ0v) is 22.7. The number of carbonyl (C=O) groups is 2. The summed E-state index contributed by atoms with van der Waals surface area (Å²) in [5, 5.41) is 13.4. The normalized spacial score (nSPS) is 10.9. The van der Waals surface area contributed by atoms with E-state index >= 15 is 0 Å². The number of halogens is 3. The Labute approximate surface area is 234 Å². The van der Waals surface area contributed by atoms with Crippen LogP contribution in [-0.2, 0) is 21.4 Å². The molecule has 9 nitrogen and oxygen atoms in total. The van der Waals surface area contributed by atoms with Gasteiger partial charge in [0.25, 0.3) is 15.9 Å². The van der Waals surface area contributed by atoms with Crippen molar-refractivity contribution in [2.45, 2.75) is 11.4 Å². The molecular weight excluding hydrogens is 563 g/mol. The molecule has 0 fully saturated rings. The van der Waals surface area contributed by atoms with E-state index in [0.29, 0.717) is 17.2 Å². The Morgan fingerprint density at radius 1 is 0.951 bits per heavy atom. The minimum atomic E-state index is -4.29. The fraction of sp³-hybridized carbons (Fsp3) is 0.143. The largest absolute Gasteiger partial charge is 0.494 e. The molecule has 0 saturated heterocycles. The van der Waals surface area contributed by atoms with E-state index in [-0.39, 0.29) is 40.9 Å². The van der Waals surface area contributed by atoms with E-state index in [4.69, 9.17) is 9.84 Å². The Kier molecular flexibility index (Phi) is 10.3. The van der Waals surface area contributed by atoms with Crippen LogP contribution in [-0.4, -0.2) is 50.1 Å². The molecule has 3 N–H and O–H groups in total. The van der Waals surface area contributed by atoms with Gasteiger partial charge in [-0.3, -0.25) is 9.59 Å². The third-order valence-electron chi connectivity index (χ3n) is 5.55. The van der Waals surface area contributed by atoms with Gasteiger partial charge in [0.1, 0.15) is 35.4 Å². The van der Waals surface area contributed by atoms with Crippen molar-refractivity contribution in [1.29, 1.82) is 0 Å². The lowest BCUT2D eigenvalue weighted by Gasteiger charge is -2.13. The summed E-state index contributed by atoms with van der Waals surface area (Å²) in [6.45, 7) is -0.127. The van der Waals surface area contributed by atoms with Gasteiger partial charge in [0.15, 0.2) is 0 Å². The van der Waals surface area contributed by atoms with Crippen LogP contribution < -0.4 is 15.4 Å². The lowest BCUT2D eigenvalue weighted by Crippen LogP contribution is -2.29. The average molecular weight is 590 g/mol. The number of carbonyl (C=O) groups excluding carboxylic acids is 1. The van der Waals surface area contributed by atoms with Crippen molar-refractivity contribution in [3.05, 3.63) is 108 Å². The highest BCUT2D eigenvalue weighted by Crippen LogP contribution is 2.39. The quantitative estimate of drug-likeness (QED) is 0.269. The third kappa shape index (κ3) is 7.52. The number of nitrogens with zero attached hydrogens (tertiary/aromatic N) is 1. The molecule has 0 unspecified atom stereocenters. The van der Waals surface area contributed by atoms with E-state index in [1.807, 2.05) is 0 Å². The summed E-state index contributed by atoms with van der Waals surface area (Å²) >= 11 is 0. The first-order chi connectivity index (χ1) is 19.5. The molecule has 0 aliphatic carbocycles. The number of nitrogens with one attached hydrogen (secondary N) is 2. The Bertz CT molecular complexity index is 1640. The number of methoxy groups -OCH3 is 1. The molecule has 4 aromatic rings. The number of aromatic nitrogens is 1. The maximum atomic E-state index is 14.5. The van der Waals surface area contributed by atoms with Crippen molar-refractivity contribution in [2.24, 2.45) is 0 Å². The molecule has 0 spiro atoms. The lowest BCUT2D eigenvalue weighted by atomic mass is 10.1. The Hall–Kier alpha value is -4.62. The van der Waals surface area contributed by atoms with Crippen LogP contribution in [0.3, 0.4) is 0 Å². The second-order valence-corrected chi connectivity index (χ2v) is 10.2. The van der Waals surface area contributed by atoms with Crippen molar-refractivity contribution in [3.8, 4) is 17.0 Å². The summed E-state index contributed by atoms with van der Waals surface area (Å²) in [5.41, 5.74) is 0.613. The van der Waals surface area contributed by atoms with Gasteiger partial charge in [0, 0.05) is 35.5 Å². The molecule has 1 amide bonds. The molecule has 216 valence electrons. The molecule has 0 atom stereocenters. The summed E-state index contributed by atoms with van der Waals surface area (Å²) in [7, 11) is -1.32. The molecule has 3 aromatic carbocycles. The molecule has 0 bridgehead atoms. The van der Waals surface area contributed by atoms with Gasteiger partial charge in [-0.25, -0.2) is 25.6 Å². The number of rotatable bonds is 9. The first kappa shape index (κ1) is 30.9. The number of ether oxygens (including phenoxy) is 1. The molecule has 0 radical (unpaired) electrons. The first-order valence-electron chi connectivity index (χ1n) is 11.9. The molecule has 1 heterocycles. The minimum absolute atomic E-state index is 0.111. The second-order valence-electron chi connectivity index (χ2n) is 8.39. The highest BCUT2D eigenvalue weighted by Gasteiger charge is 2.28. The van der Waals surface area contributed by atoms with E-state index in [1.165, 1.54) is 25.4 Å². The molecule has 1 aromatic heterocycles. The summed E-state index contributed by atoms with van der Waals surface area (Å²) in [4.78, 5) is 21.0. The van der Waals surface area contributed by atoms with Crippen LogP contribution in [0, 0.1) is 17.5 Å². The third-order valence-corrected chi connectivity index (χ3v) is 7.20. The van der Waals surface area contributed by atoms with E-state index in [0.717, 1.165) is 28.2 Å². The van der Waals surface area contributed by atoms with E-state index in [9.17, 15) is 31.2 Å². The van der Waals surface area contributed by atoms with Crippen molar-refractivity contribution in [2.75, 3.05) is 20.7 Å². The van der Waals surface area contributed by atoms with Gasteiger partial charge < -0.3 is 20.5 Å². The van der Waals surface area contributed by atoms with Gasteiger partial charge in [0.2, 0.25) is 0 Å². The summed E-state index contributed by atoms with van der Waals surface area (Å²) in [5.74, 6) is -3.80. The van der Waals surface area contributed by atoms with Crippen molar-refractivity contribution in [1.82, 2.24) is 14.6 Å². The van der Waals surface area contributed by atoms with Crippen LogP contribution in [0.5, 0.6) is 5.75 Å². The molecular formula is C28H26F3N3O6S. The number of carboxylic acid groups (broad SMARTS) is 1. The number of aliphatic carboxylic acids is 1. The number of carboxylic acids is 1. The van der Waals surface area contributed by atoms with Crippen LogP contribution in [0.4, 0.5) is 13.2 Å². The fourth-order valence-corrected chi connectivity index (χ4v) is 5.19. The zero-order chi connectivity index (χ0) is 30.2. The maximum Gasteiger partial charge on any atom is 0.322 e. The summed E-state index contributed by atoms with van der Waals surface area (Å²) in [6, 6.07) is 15.7. The topological polar surface area (TPSA) is 127 Å². The predicted octanol–water partition coefficient (Wildman–Crippen LogP) is 4.04. The number of hydrogen-bond acceptors (Lipinski definition) is 6. The van der Waals surface area contributed by atoms with E-state index < -0.39 is 33.4 Å². The Morgan fingerprint density at radius 2 is 1.63 bits per heavy atom. The van der Waals surface area contributed by atoms with Crippen molar-refractivity contribution in [3.63, 3.8) is 0 Å². The fourth-order valence-electron chi connectivity index (χ4n) is 3.76. The maximum absolute atomic E-state index is 14.5. The highest BCUT2D eigenvalue weighted by atomic mass is 32.2.